The van der Waals surface area contributed by atoms with Crippen molar-refractivity contribution in [2.24, 2.45) is 10.9 Å². The molecule has 146 valence electrons. The molecule has 1 unspecified atom stereocenters. The summed E-state index contributed by atoms with van der Waals surface area (Å²) < 4.78 is 10.7. The van der Waals surface area contributed by atoms with E-state index in [0.717, 1.165) is 37.0 Å². The maximum Gasteiger partial charge on any atom is 0.195 e. The smallest absolute Gasteiger partial charge is 0.195 e. The van der Waals surface area contributed by atoms with Gasteiger partial charge in [-0.15, -0.1) is 0 Å². The average Bonchev–Trinajstić information content (AvgIpc) is 2.66. The molecule has 1 fully saturated rings. The fraction of sp³-hybridized carbons (Fsp3) is 0.650. The van der Waals surface area contributed by atoms with Gasteiger partial charge in [-0.1, -0.05) is 0 Å². The predicted molar refractivity (Wildman–Crippen MR) is 109 cm³/mol. The molecule has 1 aromatic rings. The maximum absolute atomic E-state index is 5.38. The fourth-order valence-corrected chi connectivity index (χ4v) is 3.29. The SMILES string of the molecule is CCNC(=NCC1CCCN(C(C)C)C1)Nc1ccc(OC)c(OC)c1. The summed E-state index contributed by atoms with van der Waals surface area (Å²) in [5.41, 5.74) is 0.926. The van der Waals surface area contributed by atoms with Crippen molar-refractivity contribution in [2.75, 3.05) is 45.7 Å². The first kappa shape index (κ1) is 20.4. The van der Waals surface area contributed by atoms with E-state index in [1.165, 1.54) is 19.4 Å². The second kappa shape index (κ2) is 10.3. The first-order valence-electron chi connectivity index (χ1n) is 9.58. The summed E-state index contributed by atoms with van der Waals surface area (Å²) in [4.78, 5) is 7.37. The van der Waals surface area contributed by atoms with E-state index < -0.39 is 0 Å². The Hall–Kier alpha value is -1.95. The van der Waals surface area contributed by atoms with E-state index in [2.05, 4.69) is 36.3 Å². The van der Waals surface area contributed by atoms with E-state index in [4.69, 9.17) is 14.5 Å². The summed E-state index contributed by atoms with van der Waals surface area (Å²) in [5, 5.41) is 6.69. The zero-order valence-electron chi connectivity index (χ0n) is 16.8. The van der Waals surface area contributed by atoms with E-state index in [9.17, 15) is 0 Å². The minimum atomic E-state index is 0.611. The molecule has 26 heavy (non-hydrogen) atoms. The Kier molecular flexibility index (Phi) is 8.04. The van der Waals surface area contributed by atoms with Crippen LogP contribution in [-0.4, -0.2) is 57.3 Å². The summed E-state index contributed by atoms with van der Waals surface area (Å²) in [5.74, 6) is 2.84. The Labute approximate surface area is 158 Å². The summed E-state index contributed by atoms with van der Waals surface area (Å²) in [6, 6.07) is 6.40. The monoisotopic (exact) mass is 362 g/mol. The van der Waals surface area contributed by atoms with Crippen LogP contribution in [0.2, 0.25) is 0 Å². The molecule has 1 aromatic carbocycles. The van der Waals surface area contributed by atoms with E-state index in [1.54, 1.807) is 14.2 Å². The van der Waals surface area contributed by atoms with Gasteiger partial charge >= 0.3 is 0 Å². The predicted octanol–water partition coefficient (Wildman–Crippen LogP) is 3.20. The number of nitrogens with one attached hydrogen (secondary N) is 2. The van der Waals surface area contributed by atoms with E-state index in [0.29, 0.717) is 17.7 Å². The van der Waals surface area contributed by atoms with Gasteiger partial charge < -0.3 is 25.0 Å². The summed E-state index contributed by atoms with van der Waals surface area (Å²) in [6.45, 7) is 10.6. The molecule has 0 spiro atoms. The van der Waals surface area contributed by atoms with Crippen LogP contribution in [0, 0.1) is 5.92 Å². The maximum atomic E-state index is 5.38. The zero-order valence-corrected chi connectivity index (χ0v) is 16.8. The Morgan fingerprint density at radius 1 is 1.27 bits per heavy atom. The van der Waals surface area contributed by atoms with Crippen LogP contribution in [0.15, 0.2) is 23.2 Å². The van der Waals surface area contributed by atoms with Gasteiger partial charge in [0.15, 0.2) is 17.5 Å². The number of methoxy groups -OCH3 is 2. The number of aliphatic imine (C=N–C) groups is 1. The normalized spacial score (nSPS) is 18.7. The lowest BCUT2D eigenvalue weighted by atomic mass is 9.97. The van der Waals surface area contributed by atoms with Gasteiger partial charge in [-0.3, -0.25) is 4.99 Å². The van der Waals surface area contributed by atoms with Crippen molar-refractivity contribution in [3.05, 3.63) is 18.2 Å². The summed E-state index contributed by atoms with van der Waals surface area (Å²) in [7, 11) is 3.28. The van der Waals surface area contributed by atoms with Crippen molar-refractivity contribution in [1.29, 1.82) is 0 Å². The highest BCUT2D eigenvalue weighted by molar-refractivity contribution is 5.93. The molecule has 2 N–H and O–H groups in total. The van der Waals surface area contributed by atoms with Crippen LogP contribution in [0.25, 0.3) is 0 Å². The number of nitrogens with zero attached hydrogens (tertiary/aromatic N) is 2. The largest absolute Gasteiger partial charge is 0.493 e. The topological polar surface area (TPSA) is 58.1 Å². The Morgan fingerprint density at radius 3 is 2.69 bits per heavy atom. The number of ether oxygens (including phenoxy) is 2. The molecule has 6 nitrogen and oxygen atoms in total. The third-order valence-corrected chi connectivity index (χ3v) is 4.78. The number of hydrogen-bond acceptors (Lipinski definition) is 4. The van der Waals surface area contributed by atoms with Crippen molar-refractivity contribution in [1.82, 2.24) is 10.2 Å². The molecule has 0 saturated carbocycles. The van der Waals surface area contributed by atoms with Crippen molar-refractivity contribution in [2.45, 2.75) is 39.7 Å². The van der Waals surface area contributed by atoms with Gasteiger partial charge in [0.2, 0.25) is 0 Å². The highest BCUT2D eigenvalue weighted by Gasteiger charge is 2.21. The van der Waals surface area contributed by atoms with Crippen molar-refractivity contribution < 1.29 is 9.47 Å². The van der Waals surface area contributed by atoms with Crippen molar-refractivity contribution in [3.63, 3.8) is 0 Å². The summed E-state index contributed by atoms with van der Waals surface area (Å²) >= 11 is 0. The molecule has 0 radical (unpaired) electrons. The zero-order chi connectivity index (χ0) is 18.9. The number of rotatable bonds is 7. The molecular formula is C20H34N4O2. The van der Waals surface area contributed by atoms with Crippen LogP contribution in [0.1, 0.15) is 33.6 Å². The van der Waals surface area contributed by atoms with Gasteiger partial charge in [-0.2, -0.15) is 0 Å². The number of guanidine groups is 1. The standard InChI is InChI=1S/C20H34N4O2/c1-6-21-20(22-13-16-8-7-11-24(14-16)15(2)3)23-17-9-10-18(25-4)19(12-17)26-5/h9-10,12,15-16H,6-8,11,13-14H2,1-5H3,(H2,21,22,23). The fourth-order valence-electron chi connectivity index (χ4n) is 3.29. The number of benzene rings is 1. The molecule has 1 aliphatic rings. The van der Waals surface area contributed by atoms with Gasteiger partial charge in [0.1, 0.15) is 0 Å². The number of anilines is 1. The van der Waals surface area contributed by atoms with Crippen LogP contribution in [-0.2, 0) is 0 Å². The number of piperidine rings is 1. The highest BCUT2D eigenvalue weighted by atomic mass is 16.5. The Bertz CT molecular complexity index is 589. The molecule has 1 atom stereocenters. The van der Waals surface area contributed by atoms with Crippen LogP contribution in [0.4, 0.5) is 5.69 Å². The Balaban J connectivity index is 2.02. The van der Waals surface area contributed by atoms with Crippen LogP contribution in [0.3, 0.4) is 0 Å². The minimum absolute atomic E-state index is 0.611. The molecule has 2 rings (SSSR count). The molecule has 1 aliphatic heterocycles. The Morgan fingerprint density at radius 2 is 2.04 bits per heavy atom. The lowest BCUT2D eigenvalue weighted by Crippen LogP contribution is -2.41. The molecule has 1 heterocycles. The van der Waals surface area contributed by atoms with Crippen molar-refractivity contribution in [3.8, 4) is 11.5 Å². The molecule has 0 bridgehead atoms. The second-order valence-corrected chi connectivity index (χ2v) is 7.01. The molecule has 0 amide bonds. The minimum Gasteiger partial charge on any atom is -0.493 e. The third-order valence-electron chi connectivity index (χ3n) is 4.78. The molecule has 0 aliphatic carbocycles. The van der Waals surface area contributed by atoms with Gasteiger partial charge in [0.05, 0.1) is 14.2 Å². The van der Waals surface area contributed by atoms with Gasteiger partial charge in [-0.25, -0.2) is 0 Å². The molecule has 0 aromatic heterocycles. The van der Waals surface area contributed by atoms with Gasteiger partial charge in [0.25, 0.3) is 0 Å². The van der Waals surface area contributed by atoms with E-state index >= 15 is 0 Å². The van der Waals surface area contributed by atoms with Gasteiger partial charge in [-0.05, 0) is 58.2 Å². The second-order valence-electron chi connectivity index (χ2n) is 7.01. The number of likely N-dealkylation sites (tertiary alicyclic amines) is 1. The number of hydrogen-bond donors (Lipinski definition) is 2. The highest BCUT2D eigenvalue weighted by Crippen LogP contribution is 2.29. The quantitative estimate of drug-likeness (QED) is 0.576. The molecular weight excluding hydrogens is 328 g/mol. The van der Waals surface area contributed by atoms with E-state index in [-0.39, 0.29) is 0 Å². The molecule has 1 saturated heterocycles. The van der Waals surface area contributed by atoms with Crippen LogP contribution >= 0.6 is 0 Å². The summed E-state index contributed by atoms with van der Waals surface area (Å²) in [6.07, 6.45) is 2.51. The van der Waals surface area contributed by atoms with E-state index in [1.807, 2.05) is 18.2 Å². The first-order valence-corrected chi connectivity index (χ1v) is 9.58. The first-order chi connectivity index (χ1) is 12.6. The molecule has 6 heteroatoms. The average molecular weight is 363 g/mol. The van der Waals surface area contributed by atoms with Gasteiger partial charge in [0, 0.05) is 37.4 Å². The lowest BCUT2D eigenvalue weighted by molar-refractivity contribution is 0.143. The third kappa shape index (κ3) is 5.80. The lowest BCUT2D eigenvalue weighted by Gasteiger charge is -2.34. The van der Waals surface area contributed by atoms with Crippen LogP contribution < -0.4 is 20.1 Å². The van der Waals surface area contributed by atoms with Crippen LogP contribution in [0.5, 0.6) is 11.5 Å². The van der Waals surface area contributed by atoms with Crippen molar-refractivity contribution >= 4 is 11.6 Å².